The van der Waals surface area contributed by atoms with Crippen molar-refractivity contribution in [2.75, 3.05) is 13.1 Å². The van der Waals surface area contributed by atoms with Crippen LogP contribution in [0.3, 0.4) is 0 Å². The highest BCUT2D eigenvalue weighted by Gasteiger charge is 2.54. The Hall–Kier alpha value is -3.43. The number of likely N-dealkylation sites (tertiary alicyclic amines) is 1. The Bertz CT molecular complexity index is 959. The van der Waals surface area contributed by atoms with Crippen molar-refractivity contribution in [1.82, 2.24) is 30.9 Å². The van der Waals surface area contributed by atoms with Gasteiger partial charge in [0.05, 0.1) is 17.4 Å². The minimum atomic E-state index is -0.938. The van der Waals surface area contributed by atoms with Gasteiger partial charge in [-0.2, -0.15) is 15.4 Å². The molecule has 4 amide bonds. The molecule has 32 heavy (non-hydrogen) atoms. The lowest BCUT2D eigenvalue weighted by molar-refractivity contribution is -0.131. The molecule has 1 unspecified atom stereocenters. The molecule has 2 aromatic rings. The summed E-state index contributed by atoms with van der Waals surface area (Å²) in [6.07, 6.45) is 6.26. The summed E-state index contributed by atoms with van der Waals surface area (Å²) in [6.45, 7) is 0.963. The summed E-state index contributed by atoms with van der Waals surface area (Å²) in [5.41, 5.74) is 5.48. The van der Waals surface area contributed by atoms with E-state index in [-0.39, 0.29) is 11.8 Å². The van der Waals surface area contributed by atoms with Gasteiger partial charge in [-0.3, -0.25) is 9.59 Å². The predicted molar refractivity (Wildman–Crippen MR) is 116 cm³/mol. The molecule has 1 atom stereocenters. The number of primary amides is 1. The van der Waals surface area contributed by atoms with E-state index in [0.29, 0.717) is 38.8 Å². The predicted octanol–water partition coefficient (Wildman–Crippen LogP) is 0.962. The van der Waals surface area contributed by atoms with Crippen LogP contribution in [0.25, 0.3) is 0 Å². The summed E-state index contributed by atoms with van der Waals surface area (Å²) < 4.78 is 0. The third kappa shape index (κ3) is 4.74. The number of amides is 4. The molecule has 4 rings (SSSR count). The van der Waals surface area contributed by atoms with Crippen molar-refractivity contribution in [3.63, 3.8) is 0 Å². The molecule has 0 spiro atoms. The number of nitrogens with two attached hydrogens (primary N) is 1. The summed E-state index contributed by atoms with van der Waals surface area (Å²) in [6, 6.07) is 8.99. The summed E-state index contributed by atoms with van der Waals surface area (Å²) in [4.78, 5) is 39.2. The Morgan fingerprint density at radius 2 is 1.88 bits per heavy atom. The van der Waals surface area contributed by atoms with Gasteiger partial charge in [-0.25, -0.2) is 4.79 Å². The van der Waals surface area contributed by atoms with E-state index < -0.39 is 17.1 Å². The number of urea groups is 1. The van der Waals surface area contributed by atoms with Crippen LogP contribution in [0.1, 0.15) is 49.8 Å². The molecule has 1 aliphatic carbocycles. The summed E-state index contributed by atoms with van der Waals surface area (Å²) in [5.74, 6) is -0.171. The zero-order chi connectivity index (χ0) is 22.6. The van der Waals surface area contributed by atoms with Crippen molar-refractivity contribution in [2.45, 2.75) is 56.0 Å². The zero-order valence-electron chi connectivity index (χ0n) is 18.0. The molecule has 2 heterocycles. The highest BCUT2D eigenvalue weighted by molar-refractivity contribution is 5.94. The number of nitrogens with one attached hydrogen (secondary N) is 3. The van der Waals surface area contributed by atoms with E-state index >= 15 is 0 Å². The second kappa shape index (κ2) is 8.97. The Morgan fingerprint density at radius 1 is 1.09 bits per heavy atom. The Morgan fingerprint density at radius 3 is 2.53 bits per heavy atom. The van der Waals surface area contributed by atoms with Crippen LogP contribution in [0.4, 0.5) is 4.79 Å². The topological polar surface area (TPSA) is 146 Å². The highest BCUT2D eigenvalue weighted by atomic mass is 16.2. The van der Waals surface area contributed by atoms with Crippen LogP contribution in [0, 0.1) is 0 Å². The van der Waals surface area contributed by atoms with Crippen LogP contribution in [0.15, 0.2) is 36.5 Å². The first-order valence-electron chi connectivity index (χ1n) is 11.0. The molecule has 0 radical (unpaired) electrons. The maximum absolute atomic E-state index is 13.1. The molecule has 1 aromatic carbocycles. The van der Waals surface area contributed by atoms with Crippen molar-refractivity contribution < 1.29 is 14.4 Å². The molecule has 0 bridgehead atoms. The van der Waals surface area contributed by atoms with Gasteiger partial charge in [0.2, 0.25) is 11.8 Å². The average molecular weight is 440 g/mol. The number of rotatable bonds is 9. The lowest BCUT2D eigenvalue weighted by Crippen LogP contribution is -2.57. The molecule has 2 aliphatic rings. The fraction of sp³-hybridized carbons (Fsp3) is 0.500. The third-order valence-electron chi connectivity index (χ3n) is 6.39. The average Bonchev–Trinajstić information content (AvgIpc) is 3.18. The summed E-state index contributed by atoms with van der Waals surface area (Å²) in [7, 11) is 0. The van der Waals surface area contributed by atoms with Crippen molar-refractivity contribution in [2.24, 2.45) is 5.73 Å². The Balaban J connectivity index is 1.40. The minimum Gasteiger partial charge on any atom is -0.352 e. The molecular weight excluding hydrogens is 410 g/mol. The molecule has 170 valence electrons. The quantitative estimate of drug-likeness (QED) is 0.430. The maximum Gasteiger partial charge on any atom is 0.313 e. The van der Waals surface area contributed by atoms with Crippen molar-refractivity contribution in [3.8, 4) is 0 Å². The number of carbonyl (C=O) groups is 3. The first-order chi connectivity index (χ1) is 15.4. The van der Waals surface area contributed by atoms with Gasteiger partial charge in [-0.05, 0) is 44.1 Å². The number of benzene rings is 1. The molecule has 1 aliphatic heterocycles. The first-order valence-corrected chi connectivity index (χ1v) is 11.0. The number of aryl methyl sites for hydroxylation is 1. The normalized spacial score (nSPS) is 21.2. The largest absolute Gasteiger partial charge is 0.352 e. The number of H-pyrrole nitrogens is 1. The van der Waals surface area contributed by atoms with Gasteiger partial charge in [0.25, 0.3) is 0 Å². The molecule has 5 N–H and O–H groups in total. The SMILES string of the molecule is NC(=O)NC1(C(=O)NC2(c3ccccc3)CCN(C(=O)CCCCc3cn[nH]n3)C2)CC1. The van der Waals surface area contributed by atoms with Gasteiger partial charge in [0, 0.05) is 19.5 Å². The van der Waals surface area contributed by atoms with Crippen LogP contribution in [-0.4, -0.2) is 56.8 Å². The number of carbonyl (C=O) groups excluding carboxylic acids is 3. The molecule has 10 nitrogen and oxygen atoms in total. The lowest BCUT2D eigenvalue weighted by Gasteiger charge is -2.33. The number of aromatic nitrogens is 3. The van der Waals surface area contributed by atoms with Crippen molar-refractivity contribution in [1.29, 1.82) is 0 Å². The van der Waals surface area contributed by atoms with Crippen molar-refractivity contribution >= 4 is 17.8 Å². The van der Waals surface area contributed by atoms with Crippen LogP contribution >= 0.6 is 0 Å². The van der Waals surface area contributed by atoms with E-state index in [1.165, 1.54) is 0 Å². The first kappa shape index (κ1) is 21.8. The summed E-state index contributed by atoms with van der Waals surface area (Å²) >= 11 is 0. The monoisotopic (exact) mass is 439 g/mol. The van der Waals surface area contributed by atoms with E-state index in [0.717, 1.165) is 30.5 Å². The van der Waals surface area contributed by atoms with Crippen LogP contribution in [-0.2, 0) is 21.5 Å². The van der Waals surface area contributed by atoms with Gasteiger partial charge in [-0.1, -0.05) is 30.3 Å². The van der Waals surface area contributed by atoms with Gasteiger partial charge in [0.15, 0.2) is 0 Å². The summed E-state index contributed by atoms with van der Waals surface area (Å²) in [5, 5.41) is 16.2. The fourth-order valence-electron chi connectivity index (χ4n) is 4.38. The van der Waals surface area contributed by atoms with Crippen LogP contribution in [0.2, 0.25) is 0 Å². The molecule has 10 heteroatoms. The maximum atomic E-state index is 13.1. The number of hydrogen-bond donors (Lipinski definition) is 4. The van der Waals surface area contributed by atoms with E-state index in [1.807, 2.05) is 35.2 Å². The Labute approximate surface area is 186 Å². The molecule has 1 saturated carbocycles. The minimum absolute atomic E-state index is 0.0774. The lowest BCUT2D eigenvalue weighted by atomic mass is 9.88. The van der Waals surface area contributed by atoms with Gasteiger partial charge in [0.1, 0.15) is 5.54 Å². The fourth-order valence-corrected chi connectivity index (χ4v) is 4.38. The number of aromatic amines is 1. The molecule has 1 aromatic heterocycles. The molecule has 2 fully saturated rings. The third-order valence-corrected chi connectivity index (χ3v) is 6.39. The standard InChI is InChI=1S/C22H29N7O3/c23-20(32)26-21(10-11-21)19(31)25-22(16-6-2-1-3-7-16)12-13-29(15-22)18(30)9-5-4-8-17-14-24-28-27-17/h1-3,6-7,14H,4-5,8-13,15H2,(H,25,31)(H3,23,26,32)(H,24,27,28). The van der Waals surface area contributed by atoms with E-state index in [1.54, 1.807) is 6.20 Å². The van der Waals surface area contributed by atoms with Crippen LogP contribution in [0.5, 0.6) is 0 Å². The molecule has 1 saturated heterocycles. The van der Waals surface area contributed by atoms with Crippen LogP contribution < -0.4 is 16.4 Å². The van der Waals surface area contributed by atoms with E-state index in [2.05, 4.69) is 26.0 Å². The van der Waals surface area contributed by atoms with E-state index in [4.69, 9.17) is 5.73 Å². The number of nitrogens with zero attached hydrogens (tertiary/aromatic N) is 3. The van der Waals surface area contributed by atoms with Gasteiger partial charge < -0.3 is 21.3 Å². The number of unbranched alkanes of at least 4 members (excludes halogenated alkanes) is 1. The second-order valence-electron chi connectivity index (χ2n) is 8.71. The van der Waals surface area contributed by atoms with Gasteiger partial charge in [-0.15, -0.1) is 0 Å². The van der Waals surface area contributed by atoms with E-state index in [9.17, 15) is 14.4 Å². The van der Waals surface area contributed by atoms with Crippen molar-refractivity contribution in [3.05, 3.63) is 47.8 Å². The zero-order valence-corrected chi connectivity index (χ0v) is 18.0. The second-order valence-corrected chi connectivity index (χ2v) is 8.71. The highest BCUT2D eigenvalue weighted by Crippen LogP contribution is 2.39. The Kier molecular flexibility index (Phi) is 6.11. The number of hydrogen-bond acceptors (Lipinski definition) is 5. The van der Waals surface area contributed by atoms with Gasteiger partial charge >= 0.3 is 6.03 Å². The smallest absolute Gasteiger partial charge is 0.313 e. The molecular formula is C22H29N7O3.